The van der Waals surface area contributed by atoms with E-state index in [0.29, 0.717) is 18.5 Å². The van der Waals surface area contributed by atoms with Gasteiger partial charge in [0, 0.05) is 30.3 Å². The lowest BCUT2D eigenvalue weighted by atomic mass is 10.2. The molecule has 0 unspecified atom stereocenters. The quantitative estimate of drug-likeness (QED) is 0.692. The van der Waals surface area contributed by atoms with Crippen LogP contribution in [0.15, 0.2) is 24.3 Å². The van der Waals surface area contributed by atoms with Crippen molar-refractivity contribution in [1.29, 1.82) is 0 Å². The van der Waals surface area contributed by atoms with Gasteiger partial charge in [-0.25, -0.2) is 0 Å². The number of rotatable bonds is 7. The molecule has 8 heteroatoms. The lowest BCUT2D eigenvalue weighted by molar-refractivity contribution is -0.153. The third-order valence-electron chi connectivity index (χ3n) is 4.02. The van der Waals surface area contributed by atoms with Crippen molar-refractivity contribution in [2.24, 2.45) is 0 Å². The van der Waals surface area contributed by atoms with Crippen molar-refractivity contribution in [3.8, 4) is 0 Å². The van der Waals surface area contributed by atoms with E-state index in [9.17, 15) is 19.2 Å². The highest BCUT2D eigenvalue weighted by Crippen LogP contribution is 2.21. The van der Waals surface area contributed by atoms with Gasteiger partial charge in [-0.05, 0) is 51.5 Å². The van der Waals surface area contributed by atoms with Gasteiger partial charge >= 0.3 is 5.97 Å². The van der Waals surface area contributed by atoms with Gasteiger partial charge in [-0.3, -0.25) is 19.2 Å². The molecular formula is C19H25N3O5. The van der Waals surface area contributed by atoms with E-state index >= 15 is 0 Å². The second-order valence-corrected chi connectivity index (χ2v) is 6.67. The fraction of sp³-hybridized carbons (Fsp3) is 0.474. The molecule has 3 amide bonds. The van der Waals surface area contributed by atoms with Gasteiger partial charge in [0.05, 0.1) is 0 Å². The second kappa shape index (κ2) is 9.16. The molecule has 2 N–H and O–H groups in total. The van der Waals surface area contributed by atoms with Gasteiger partial charge in [0.25, 0.3) is 11.8 Å². The fourth-order valence-electron chi connectivity index (χ4n) is 2.66. The number of nitrogens with zero attached hydrogens (tertiary/aromatic N) is 1. The molecule has 1 aromatic rings. The van der Waals surface area contributed by atoms with Crippen LogP contribution in [-0.2, 0) is 19.1 Å². The molecule has 146 valence electrons. The molecule has 1 aliphatic rings. The van der Waals surface area contributed by atoms with Gasteiger partial charge in [-0.2, -0.15) is 0 Å². The Kier molecular flexibility index (Phi) is 6.92. The summed E-state index contributed by atoms with van der Waals surface area (Å²) >= 11 is 0. The van der Waals surface area contributed by atoms with E-state index in [1.165, 1.54) is 6.92 Å². The number of hydrogen-bond acceptors (Lipinski definition) is 5. The summed E-state index contributed by atoms with van der Waals surface area (Å²) in [7, 11) is 0. The van der Waals surface area contributed by atoms with Crippen LogP contribution in [0.4, 0.5) is 5.69 Å². The highest BCUT2D eigenvalue weighted by atomic mass is 16.5. The third kappa shape index (κ3) is 5.80. The molecule has 0 aromatic heterocycles. The number of amides is 3. The van der Waals surface area contributed by atoms with Gasteiger partial charge in [0.1, 0.15) is 6.54 Å². The number of carbonyl (C=O) groups excluding carboxylic acids is 4. The van der Waals surface area contributed by atoms with Crippen LogP contribution in [-0.4, -0.2) is 48.9 Å². The number of carbonyl (C=O) groups is 4. The predicted octanol–water partition coefficient (Wildman–Crippen LogP) is 1.000. The van der Waals surface area contributed by atoms with Crippen molar-refractivity contribution in [2.45, 2.75) is 45.8 Å². The number of ether oxygens (including phenoxy) is 1. The fourth-order valence-corrected chi connectivity index (χ4v) is 2.66. The molecule has 1 aromatic carbocycles. The van der Waals surface area contributed by atoms with Crippen molar-refractivity contribution in [3.63, 3.8) is 0 Å². The van der Waals surface area contributed by atoms with Crippen LogP contribution in [0.3, 0.4) is 0 Å². The second-order valence-electron chi connectivity index (χ2n) is 6.67. The highest BCUT2D eigenvalue weighted by Gasteiger charge is 2.22. The lowest BCUT2D eigenvalue weighted by Crippen LogP contribution is -2.41. The van der Waals surface area contributed by atoms with Crippen molar-refractivity contribution in [3.05, 3.63) is 29.8 Å². The zero-order valence-electron chi connectivity index (χ0n) is 15.8. The standard InChI is InChI=1S/C19H25N3O5/c1-12(2)21-18(25)13(3)27-17(24)11-20-19(26)14-6-8-15(9-7-14)22-10-4-5-16(22)23/h6-9,12-13H,4-5,10-11H2,1-3H3,(H,20,26)(H,21,25)/t13-/m0/s1. The monoisotopic (exact) mass is 375 g/mol. The van der Waals surface area contributed by atoms with E-state index in [2.05, 4.69) is 10.6 Å². The first-order valence-corrected chi connectivity index (χ1v) is 8.96. The SMILES string of the molecule is CC(C)NC(=O)[C@H](C)OC(=O)CNC(=O)c1ccc(N2CCCC2=O)cc1. The Balaban J connectivity index is 1.82. The van der Waals surface area contributed by atoms with E-state index < -0.39 is 23.9 Å². The molecule has 1 heterocycles. The van der Waals surface area contributed by atoms with E-state index in [-0.39, 0.29) is 18.5 Å². The van der Waals surface area contributed by atoms with E-state index in [4.69, 9.17) is 4.74 Å². The Morgan fingerprint density at radius 2 is 1.81 bits per heavy atom. The Bertz CT molecular complexity index is 715. The molecule has 1 fully saturated rings. The summed E-state index contributed by atoms with van der Waals surface area (Å²) in [4.78, 5) is 49.0. The average Bonchev–Trinajstić information content (AvgIpc) is 3.05. The molecule has 0 aliphatic carbocycles. The summed E-state index contributed by atoms with van der Waals surface area (Å²) in [6.07, 6.45) is 0.434. The number of anilines is 1. The van der Waals surface area contributed by atoms with Gasteiger partial charge < -0.3 is 20.3 Å². The Labute approximate surface area is 158 Å². The molecule has 0 bridgehead atoms. The molecule has 8 nitrogen and oxygen atoms in total. The minimum Gasteiger partial charge on any atom is -0.451 e. The lowest BCUT2D eigenvalue weighted by Gasteiger charge is -2.16. The summed E-state index contributed by atoms with van der Waals surface area (Å²) in [5.74, 6) is -1.46. The largest absolute Gasteiger partial charge is 0.451 e. The van der Waals surface area contributed by atoms with E-state index in [1.54, 1.807) is 43.0 Å². The first-order chi connectivity index (χ1) is 12.8. The Morgan fingerprint density at radius 3 is 2.37 bits per heavy atom. The molecule has 1 aliphatic heterocycles. The third-order valence-corrected chi connectivity index (χ3v) is 4.02. The molecule has 2 rings (SSSR count). The summed E-state index contributed by atoms with van der Waals surface area (Å²) in [5, 5.41) is 5.09. The van der Waals surface area contributed by atoms with Crippen molar-refractivity contribution < 1.29 is 23.9 Å². The summed E-state index contributed by atoms with van der Waals surface area (Å²) in [6, 6.07) is 6.54. The van der Waals surface area contributed by atoms with Crippen molar-refractivity contribution >= 4 is 29.4 Å². The number of hydrogen-bond donors (Lipinski definition) is 2. The highest BCUT2D eigenvalue weighted by molar-refractivity contribution is 5.98. The minimum atomic E-state index is -0.936. The van der Waals surface area contributed by atoms with Gasteiger partial charge in [0.2, 0.25) is 5.91 Å². The first kappa shape index (κ1) is 20.4. The number of nitrogens with one attached hydrogen (secondary N) is 2. The Hall–Kier alpha value is -2.90. The minimum absolute atomic E-state index is 0.0582. The number of benzene rings is 1. The molecule has 1 atom stereocenters. The van der Waals surface area contributed by atoms with E-state index in [1.807, 2.05) is 0 Å². The van der Waals surface area contributed by atoms with Crippen LogP contribution in [0.25, 0.3) is 0 Å². The predicted molar refractivity (Wildman–Crippen MR) is 99.2 cm³/mol. The zero-order chi connectivity index (χ0) is 20.0. The van der Waals surface area contributed by atoms with Gasteiger partial charge in [0.15, 0.2) is 6.10 Å². The first-order valence-electron chi connectivity index (χ1n) is 8.96. The molecule has 0 radical (unpaired) electrons. The van der Waals surface area contributed by atoms with Crippen LogP contribution < -0.4 is 15.5 Å². The molecule has 0 saturated carbocycles. The smallest absolute Gasteiger partial charge is 0.326 e. The van der Waals surface area contributed by atoms with Crippen LogP contribution in [0.2, 0.25) is 0 Å². The molecule has 0 spiro atoms. The zero-order valence-corrected chi connectivity index (χ0v) is 15.8. The topological polar surface area (TPSA) is 105 Å². The Morgan fingerprint density at radius 1 is 1.15 bits per heavy atom. The maximum Gasteiger partial charge on any atom is 0.326 e. The van der Waals surface area contributed by atoms with Gasteiger partial charge in [-0.15, -0.1) is 0 Å². The summed E-state index contributed by atoms with van der Waals surface area (Å²) in [6.45, 7) is 5.41. The van der Waals surface area contributed by atoms with Crippen LogP contribution in [0, 0.1) is 0 Å². The maximum absolute atomic E-state index is 12.1. The summed E-state index contributed by atoms with van der Waals surface area (Å²) in [5.41, 5.74) is 1.11. The van der Waals surface area contributed by atoms with Crippen LogP contribution in [0.5, 0.6) is 0 Å². The van der Waals surface area contributed by atoms with Crippen LogP contribution >= 0.6 is 0 Å². The van der Waals surface area contributed by atoms with Crippen LogP contribution in [0.1, 0.15) is 44.0 Å². The molecular weight excluding hydrogens is 350 g/mol. The molecule has 1 saturated heterocycles. The molecule has 27 heavy (non-hydrogen) atoms. The summed E-state index contributed by atoms with van der Waals surface area (Å²) < 4.78 is 4.99. The maximum atomic E-state index is 12.1. The average molecular weight is 375 g/mol. The van der Waals surface area contributed by atoms with Crippen molar-refractivity contribution in [1.82, 2.24) is 10.6 Å². The van der Waals surface area contributed by atoms with E-state index in [0.717, 1.165) is 12.1 Å². The normalized spacial score (nSPS) is 14.8. The number of esters is 1. The van der Waals surface area contributed by atoms with Gasteiger partial charge in [-0.1, -0.05) is 0 Å². The van der Waals surface area contributed by atoms with Crippen molar-refractivity contribution in [2.75, 3.05) is 18.0 Å².